The molecule has 24 heavy (non-hydrogen) atoms. The summed E-state index contributed by atoms with van der Waals surface area (Å²) in [6.07, 6.45) is 14.3. The number of nitrogens with two attached hydrogens (primary N) is 1. The standard InChI is InChI=1S/C19H18N2O3/c20-10-13-15(11-6-2-1-3-7-11)16-17(24-18(13)21)12-8-4-5-9-14(12)23-19(16)22/h2,4-6,8-9,11-12,14-15H,1,3,7,21H2/t11-,12-,14-,15+/m0/s1. The average Bonchev–Trinajstić information content (AvgIpc) is 2.61. The molecule has 4 atom stereocenters. The fourth-order valence-electron chi connectivity index (χ4n) is 3.95. The second-order valence-corrected chi connectivity index (χ2v) is 6.44. The molecule has 2 N–H and O–H groups in total. The minimum absolute atomic E-state index is 0.0630. The van der Waals surface area contributed by atoms with E-state index in [9.17, 15) is 10.1 Å². The molecule has 5 heteroatoms. The van der Waals surface area contributed by atoms with Crippen LogP contribution in [-0.2, 0) is 14.3 Å². The number of carbonyl (C=O) groups is 1. The number of allylic oxidation sites excluding steroid dienone is 5. The van der Waals surface area contributed by atoms with Crippen molar-refractivity contribution in [2.45, 2.75) is 25.4 Å². The van der Waals surface area contributed by atoms with Crippen molar-refractivity contribution >= 4 is 5.97 Å². The Morgan fingerprint density at radius 3 is 2.83 bits per heavy atom. The summed E-state index contributed by atoms with van der Waals surface area (Å²) in [5, 5.41) is 9.58. The summed E-state index contributed by atoms with van der Waals surface area (Å²) in [5.41, 5.74) is 6.83. The van der Waals surface area contributed by atoms with Crippen LogP contribution in [0.5, 0.6) is 0 Å². The molecule has 5 nitrogen and oxygen atoms in total. The van der Waals surface area contributed by atoms with E-state index in [1.807, 2.05) is 24.3 Å². The summed E-state index contributed by atoms with van der Waals surface area (Å²) in [4.78, 5) is 12.7. The molecule has 0 fully saturated rings. The van der Waals surface area contributed by atoms with Crippen molar-refractivity contribution in [3.63, 3.8) is 0 Å². The Labute approximate surface area is 140 Å². The van der Waals surface area contributed by atoms with Crippen LogP contribution in [0.15, 0.2) is 59.2 Å². The van der Waals surface area contributed by atoms with Crippen LogP contribution in [0.4, 0.5) is 0 Å². The summed E-state index contributed by atoms with van der Waals surface area (Å²) < 4.78 is 11.4. The van der Waals surface area contributed by atoms with Crippen LogP contribution in [0, 0.1) is 29.1 Å². The number of ether oxygens (including phenoxy) is 2. The molecule has 0 aromatic rings. The number of carbonyl (C=O) groups excluding carboxylic acids is 1. The smallest absolute Gasteiger partial charge is 0.338 e. The Morgan fingerprint density at radius 1 is 1.25 bits per heavy atom. The monoisotopic (exact) mass is 322 g/mol. The van der Waals surface area contributed by atoms with E-state index >= 15 is 0 Å². The number of nitriles is 1. The van der Waals surface area contributed by atoms with Crippen molar-refractivity contribution in [3.05, 3.63) is 59.2 Å². The molecular weight excluding hydrogens is 304 g/mol. The first-order valence-corrected chi connectivity index (χ1v) is 8.25. The lowest BCUT2D eigenvalue weighted by Gasteiger charge is -2.39. The molecule has 2 aliphatic heterocycles. The van der Waals surface area contributed by atoms with E-state index in [0.29, 0.717) is 16.9 Å². The molecule has 0 radical (unpaired) electrons. The molecule has 4 rings (SSSR count). The van der Waals surface area contributed by atoms with Gasteiger partial charge in [0.25, 0.3) is 0 Å². The highest BCUT2D eigenvalue weighted by Gasteiger charge is 2.47. The minimum atomic E-state index is -0.407. The maximum absolute atomic E-state index is 12.7. The van der Waals surface area contributed by atoms with Crippen LogP contribution in [-0.4, -0.2) is 12.1 Å². The summed E-state index contributed by atoms with van der Waals surface area (Å²) in [6.45, 7) is 0. The Morgan fingerprint density at radius 2 is 2.08 bits per heavy atom. The van der Waals surface area contributed by atoms with E-state index in [4.69, 9.17) is 15.2 Å². The van der Waals surface area contributed by atoms with Gasteiger partial charge >= 0.3 is 5.97 Å². The maximum atomic E-state index is 12.7. The van der Waals surface area contributed by atoms with Gasteiger partial charge in [0.1, 0.15) is 17.9 Å². The van der Waals surface area contributed by atoms with E-state index in [-0.39, 0.29) is 29.7 Å². The van der Waals surface area contributed by atoms with Crippen LogP contribution in [0.3, 0.4) is 0 Å². The summed E-state index contributed by atoms with van der Waals surface area (Å²) in [5.74, 6) is -0.267. The van der Waals surface area contributed by atoms with Crippen LogP contribution < -0.4 is 5.73 Å². The highest BCUT2D eigenvalue weighted by molar-refractivity contribution is 5.92. The molecule has 4 aliphatic rings. The number of nitrogens with zero attached hydrogens (tertiary/aromatic N) is 1. The van der Waals surface area contributed by atoms with Gasteiger partial charge in [0.05, 0.1) is 17.1 Å². The summed E-state index contributed by atoms with van der Waals surface area (Å²) >= 11 is 0. The number of esters is 1. The zero-order valence-electron chi connectivity index (χ0n) is 13.1. The molecule has 0 spiro atoms. The topological polar surface area (TPSA) is 85.3 Å². The van der Waals surface area contributed by atoms with Gasteiger partial charge < -0.3 is 15.2 Å². The van der Waals surface area contributed by atoms with E-state index in [2.05, 4.69) is 18.2 Å². The van der Waals surface area contributed by atoms with Gasteiger partial charge in [0.2, 0.25) is 5.88 Å². The van der Waals surface area contributed by atoms with Gasteiger partial charge in [-0.05, 0) is 31.3 Å². The lowest BCUT2D eigenvalue weighted by Crippen LogP contribution is -2.41. The van der Waals surface area contributed by atoms with Crippen molar-refractivity contribution in [2.24, 2.45) is 23.5 Å². The lowest BCUT2D eigenvalue weighted by molar-refractivity contribution is -0.147. The summed E-state index contributed by atoms with van der Waals surface area (Å²) in [6, 6.07) is 2.15. The highest BCUT2D eigenvalue weighted by atomic mass is 16.6. The Hall–Kier alpha value is -2.74. The zero-order valence-corrected chi connectivity index (χ0v) is 13.1. The first-order valence-electron chi connectivity index (χ1n) is 8.25. The van der Waals surface area contributed by atoms with E-state index in [1.165, 1.54) is 0 Å². The Kier molecular flexibility index (Phi) is 3.53. The molecule has 0 saturated heterocycles. The first-order chi connectivity index (χ1) is 11.7. The minimum Gasteiger partial charge on any atom is -0.454 e. The molecule has 2 heterocycles. The molecular formula is C19H18N2O3. The van der Waals surface area contributed by atoms with Crippen molar-refractivity contribution in [3.8, 4) is 6.07 Å². The molecule has 0 aromatic carbocycles. The van der Waals surface area contributed by atoms with E-state index < -0.39 is 5.97 Å². The molecule has 0 unspecified atom stereocenters. The molecule has 0 saturated carbocycles. The van der Waals surface area contributed by atoms with Crippen LogP contribution in [0.2, 0.25) is 0 Å². The van der Waals surface area contributed by atoms with Gasteiger partial charge in [-0.15, -0.1) is 0 Å². The molecule has 122 valence electrons. The van der Waals surface area contributed by atoms with Gasteiger partial charge in [0, 0.05) is 5.92 Å². The van der Waals surface area contributed by atoms with Gasteiger partial charge in [-0.25, -0.2) is 4.79 Å². The largest absolute Gasteiger partial charge is 0.454 e. The third-order valence-corrected chi connectivity index (χ3v) is 5.06. The SMILES string of the molecule is N#CC1=C(N)OC2=C(C(=O)O[C@H]3C=CC=C[C@H]23)[C@@H]1[C@H]1C=CCCC1. The van der Waals surface area contributed by atoms with Crippen LogP contribution in [0.1, 0.15) is 19.3 Å². The van der Waals surface area contributed by atoms with Gasteiger partial charge in [-0.2, -0.15) is 5.26 Å². The van der Waals surface area contributed by atoms with Crippen molar-refractivity contribution in [1.29, 1.82) is 5.26 Å². The second-order valence-electron chi connectivity index (χ2n) is 6.44. The zero-order chi connectivity index (χ0) is 16.7. The fourth-order valence-corrected chi connectivity index (χ4v) is 3.95. The van der Waals surface area contributed by atoms with Crippen LogP contribution in [0.25, 0.3) is 0 Å². The average molecular weight is 322 g/mol. The Bertz CT molecular complexity index is 779. The van der Waals surface area contributed by atoms with Crippen molar-refractivity contribution in [2.75, 3.05) is 0 Å². The summed E-state index contributed by atoms with van der Waals surface area (Å²) in [7, 11) is 0. The van der Waals surface area contributed by atoms with E-state index in [0.717, 1.165) is 19.3 Å². The maximum Gasteiger partial charge on any atom is 0.338 e. The number of hydrogen-bond donors (Lipinski definition) is 1. The number of fused-ring (bicyclic) bond motifs is 2. The van der Waals surface area contributed by atoms with Gasteiger partial charge in [0.15, 0.2) is 0 Å². The van der Waals surface area contributed by atoms with Gasteiger partial charge in [-0.1, -0.05) is 30.4 Å². The lowest BCUT2D eigenvalue weighted by atomic mass is 9.72. The molecule has 2 aliphatic carbocycles. The van der Waals surface area contributed by atoms with Crippen molar-refractivity contribution in [1.82, 2.24) is 0 Å². The molecule has 0 amide bonds. The highest BCUT2D eigenvalue weighted by Crippen LogP contribution is 2.46. The Balaban J connectivity index is 1.84. The van der Waals surface area contributed by atoms with Crippen molar-refractivity contribution < 1.29 is 14.3 Å². The fraction of sp³-hybridized carbons (Fsp3) is 0.368. The number of hydrogen-bond acceptors (Lipinski definition) is 5. The third kappa shape index (κ3) is 2.18. The number of rotatable bonds is 1. The predicted molar refractivity (Wildman–Crippen MR) is 86.6 cm³/mol. The third-order valence-electron chi connectivity index (χ3n) is 5.06. The van der Waals surface area contributed by atoms with Gasteiger partial charge in [-0.3, -0.25) is 0 Å². The molecule has 0 bridgehead atoms. The van der Waals surface area contributed by atoms with E-state index in [1.54, 1.807) is 0 Å². The predicted octanol–water partition coefficient (Wildman–Crippen LogP) is 2.60. The molecule has 0 aromatic heterocycles. The quantitative estimate of drug-likeness (QED) is 0.592. The first kappa shape index (κ1) is 14.8. The van der Waals surface area contributed by atoms with Crippen LogP contribution >= 0.6 is 0 Å². The second kappa shape index (κ2) is 5.72. The normalized spacial score (nSPS) is 34.2.